The zero-order valence-electron chi connectivity index (χ0n) is 15.0. The van der Waals surface area contributed by atoms with Crippen molar-refractivity contribution in [2.24, 2.45) is 0 Å². The Labute approximate surface area is 170 Å². The number of nitro benzene ring substituents is 1. The molecule has 0 spiro atoms. The smallest absolute Gasteiger partial charge is 0.423 e. The highest BCUT2D eigenvalue weighted by atomic mass is 32.2. The van der Waals surface area contributed by atoms with Crippen LogP contribution in [0.5, 0.6) is 17.2 Å². The molecule has 2 aromatic rings. The van der Waals surface area contributed by atoms with Gasteiger partial charge in [-0.3, -0.25) is 25.0 Å². The molecule has 0 aromatic heterocycles. The maximum atomic E-state index is 13.1. The van der Waals surface area contributed by atoms with Crippen molar-refractivity contribution in [3.63, 3.8) is 0 Å². The largest absolute Gasteiger partial charge is 0.493 e. The van der Waals surface area contributed by atoms with Crippen LogP contribution < -0.4 is 14.8 Å². The Morgan fingerprint density at radius 3 is 2.43 bits per heavy atom. The van der Waals surface area contributed by atoms with Gasteiger partial charge in [0.15, 0.2) is 11.5 Å². The highest BCUT2D eigenvalue weighted by Gasteiger charge is 2.38. The summed E-state index contributed by atoms with van der Waals surface area (Å²) < 4.78 is 50.0. The van der Waals surface area contributed by atoms with Crippen LogP contribution in [0.25, 0.3) is 6.08 Å². The average Bonchev–Trinajstić information content (AvgIpc) is 2.98. The summed E-state index contributed by atoms with van der Waals surface area (Å²) >= 11 is 0.724. The molecule has 12 heteroatoms. The molecule has 1 aliphatic rings. The fourth-order valence-corrected chi connectivity index (χ4v) is 3.20. The van der Waals surface area contributed by atoms with E-state index in [1.165, 1.54) is 31.4 Å². The number of hydrogen-bond donors (Lipinski definition) is 1. The standard InChI is InChI=1S/C18H11F3N2O6S/c1-28-14-6-9(7-15-16(24)22-17(25)30-15)2-5-13(14)29-10-3-4-12(23(26)27)11(8-10)18(19,20)21/h2-8H,1H3,(H,22,24,25). The van der Waals surface area contributed by atoms with Gasteiger partial charge in [0.2, 0.25) is 0 Å². The fourth-order valence-electron chi connectivity index (χ4n) is 2.52. The quantitative estimate of drug-likeness (QED) is 0.407. The number of halogens is 3. The molecule has 0 aliphatic carbocycles. The minimum Gasteiger partial charge on any atom is -0.493 e. The molecule has 0 radical (unpaired) electrons. The van der Waals surface area contributed by atoms with E-state index in [1.54, 1.807) is 0 Å². The molecule has 3 rings (SSSR count). The van der Waals surface area contributed by atoms with Crippen LogP contribution in [0.3, 0.4) is 0 Å². The van der Waals surface area contributed by atoms with Gasteiger partial charge in [0, 0.05) is 6.07 Å². The first-order valence-corrected chi connectivity index (χ1v) is 8.86. The fraction of sp³-hybridized carbons (Fsp3) is 0.111. The maximum absolute atomic E-state index is 13.1. The summed E-state index contributed by atoms with van der Waals surface area (Å²) in [5.41, 5.74) is -2.06. The Kier molecular flexibility index (Phi) is 5.69. The summed E-state index contributed by atoms with van der Waals surface area (Å²) in [7, 11) is 1.30. The zero-order valence-corrected chi connectivity index (χ0v) is 15.8. The van der Waals surface area contributed by atoms with Crippen molar-refractivity contribution in [2.45, 2.75) is 6.18 Å². The molecule has 2 aromatic carbocycles. The Bertz CT molecular complexity index is 1080. The number of ether oxygens (including phenoxy) is 2. The number of nitrogens with zero attached hydrogens (tertiary/aromatic N) is 1. The van der Waals surface area contributed by atoms with Gasteiger partial charge in [-0.2, -0.15) is 13.2 Å². The highest BCUT2D eigenvalue weighted by Crippen LogP contribution is 2.40. The normalized spacial score (nSPS) is 15.3. The number of methoxy groups -OCH3 is 1. The lowest BCUT2D eigenvalue weighted by Gasteiger charge is -2.13. The Morgan fingerprint density at radius 1 is 1.13 bits per heavy atom. The van der Waals surface area contributed by atoms with E-state index in [0.29, 0.717) is 17.7 Å². The van der Waals surface area contributed by atoms with Crippen LogP contribution in [-0.4, -0.2) is 23.2 Å². The molecule has 0 bridgehead atoms. The lowest BCUT2D eigenvalue weighted by molar-refractivity contribution is -0.388. The number of rotatable bonds is 5. The van der Waals surface area contributed by atoms with Crippen molar-refractivity contribution in [1.29, 1.82) is 0 Å². The molecule has 1 N–H and O–H groups in total. The van der Waals surface area contributed by atoms with Gasteiger partial charge in [0.05, 0.1) is 16.9 Å². The number of nitro groups is 1. The van der Waals surface area contributed by atoms with Gasteiger partial charge in [-0.05, 0) is 47.7 Å². The van der Waals surface area contributed by atoms with Gasteiger partial charge in [0.25, 0.3) is 16.8 Å². The van der Waals surface area contributed by atoms with E-state index in [2.05, 4.69) is 5.32 Å². The van der Waals surface area contributed by atoms with E-state index in [9.17, 15) is 32.9 Å². The van der Waals surface area contributed by atoms with E-state index in [1.807, 2.05) is 0 Å². The van der Waals surface area contributed by atoms with Gasteiger partial charge in [-0.1, -0.05) is 6.07 Å². The number of carbonyl (C=O) groups is 2. The summed E-state index contributed by atoms with van der Waals surface area (Å²) in [6.45, 7) is 0. The Morgan fingerprint density at radius 2 is 1.87 bits per heavy atom. The van der Waals surface area contributed by atoms with Crippen molar-refractivity contribution in [3.05, 3.63) is 62.5 Å². The van der Waals surface area contributed by atoms with Crippen LogP contribution in [0.4, 0.5) is 23.7 Å². The van der Waals surface area contributed by atoms with E-state index >= 15 is 0 Å². The third-order valence-electron chi connectivity index (χ3n) is 3.83. The number of alkyl halides is 3. The van der Waals surface area contributed by atoms with Crippen molar-refractivity contribution >= 4 is 34.7 Å². The number of hydrogen-bond acceptors (Lipinski definition) is 7. The molecular weight excluding hydrogens is 429 g/mol. The molecule has 0 unspecified atom stereocenters. The molecule has 1 aliphatic heterocycles. The monoisotopic (exact) mass is 440 g/mol. The lowest BCUT2D eigenvalue weighted by atomic mass is 10.1. The third kappa shape index (κ3) is 4.54. The molecule has 8 nitrogen and oxygen atoms in total. The van der Waals surface area contributed by atoms with Crippen LogP contribution >= 0.6 is 11.8 Å². The number of carbonyl (C=O) groups excluding carboxylic acids is 2. The minimum absolute atomic E-state index is 0.0428. The second-order valence-electron chi connectivity index (χ2n) is 5.80. The summed E-state index contributed by atoms with van der Waals surface area (Å²) in [4.78, 5) is 32.7. The molecule has 156 valence electrons. The molecule has 2 amide bonds. The van der Waals surface area contributed by atoms with Crippen molar-refractivity contribution in [3.8, 4) is 17.2 Å². The van der Waals surface area contributed by atoms with E-state index in [-0.39, 0.29) is 22.2 Å². The molecule has 0 saturated carbocycles. The molecule has 30 heavy (non-hydrogen) atoms. The number of imide groups is 1. The van der Waals surface area contributed by atoms with Gasteiger partial charge >= 0.3 is 6.18 Å². The van der Waals surface area contributed by atoms with Gasteiger partial charge < -0.3 is 9.47 Å². The average molecular weight is 440 g/mol. The number of benzene rings is 2. The molecule has 0 atom stereocenters. The number of nitrogens with one attached hydrogen (secondary N) is 1. The molecule has 1 heterocycles. The molecular formula is C18H11F3N2O6S. The summed E-state index contributed by atoms with van der Waals surface area (Å²) in [6, 6.07) is 6.61. The number of thioether (sulfide) groups is 1. The number of amides is 2. The SMILES string of the molecule is COc1cc(C=C2SC(=O)NC2=O)ccc1Oc1ccc([N+](=O)[O-])c(C(F)(F)F)c1. The van der Waals surface area contributed by atoms with Crippen LogP contribution in [0.1, 0.15) is 11.1 Å². The first-order chi connectivity index (χ1) is 14.1. The zero-order chi connectivity index (χ0) is 22.1. The summed E-state index contributed by atoms with van der Waals surface area (Å²) in [5.74, 6) is -0.657. The van der Waals surface area contributed by atoms with Crippen LogP contribution in [0, 0.1) is 10.1 Å². The van der Waals surface area contributed by atoms with Gasteiger partial charge in [-0.15, -0.1) is 0 Å². The van der Waals surface area contributed by atoms with Crippen LogP contribution in [0.2, 0.25) is 0 Å². The van der Waals surface area contributed by atoms with E-state index < -0.39 is 33.5 Å². The van der Waals surface area contributed by atoms with E-state index in [4.69, 9.17) is 9.47 Å². The highest BCUT2D eigenvalue weighted by molar-refractivity contribution is 8.18. The minimum atomic E-state index is -4.95. The predicted molar refractivity (Wildman–Crippen MR) is 100 cm³/mol. The topological polar surface area (TPSA) is 108 Å². The first kappa shape index (κ1) is 21.2. The Balaban J connectivity index is 1.92. The van der Waals surface area contributed by atoms with E-state index in [0.717, 1.165) is 17.8 Å². The van der Waals surface area contributed by atoms with Crippen molar-refractivity contribution < 1.29 is 37.2 Å². The van der Waals surface area contributed by atoms with Crippen LogP contribution in [-0.2, 0) is 11.0 Å². The van der Waals surface area contributed by atoms with Gasteiger partial charge in [0.1, 0.15) is 11.3 Å². The van der Waals surface area contributed by atoms with Crippen molar-refractivity contribution in [2.75, 3.05) is 7.11 Å². The van der Waals surface area contributed by atoms with Crippen LogP contribution in [0.15, 0.2) is 41.3 Å². The molecule has 1 saturated heterocycles. The first-order valence-electron chi connectivity index (χ1n) is 8.05. The molecule has 1 fully saturated rings. The summed E-state index contributed by atoms with van der Waals surface area (Å²) in [5, 5.41) is 12.5. The Hall–Kier alpha value is -3.54. The second kappa shape index (κ2) is 8.06. The second-order valence-corrected chi connectivity index (χ2v) is 6.81. The maximum Gasteiger partial charge on any atom is 0.423 e. The third-order valence-corrected chi connectivity index (χ3v) is 4.64. The predicted octanol–water partition coefficient (Wildman–Crippen LogP) is 4.74. The van der Waals surface area contributed by atoms with Gasteiger partial charge in [-0.25, -0.2) is 0 Å². The lowest BCUT2D eigenvalue weighted by Crippen LogP contribution is -2.17. The summed E-state index contributed by atoms with van der Waals surface area (Å²) in [6.07, 6.45) is -3.51. The van der Waals surface area contributed by atoms with Crippen molar-refractivity contribution in [1.82, 2.24) is 5.32 Å².